The van der Waals surface area contributed by atoms with Gasteiger partial charge < -0.3 is 9.47 Å². The van der Waals surface area contributed by atoms with Crippen molar-refractivity contribution in [3.8, 4) is 0 Å². The van der Waals surface area contributed by atoms with Crippen LogP contribution in [-0.4, -0.2) is 19.0 Å². The maximum atomic E-state index is 12.9. The Kier molecular flexibility index (Phi) is 3.63. The summed E-state index contributed by atoms with van der Waals surface area (Å²) in [5, 5.41) is 0. The van der Waals surface area contributed by atoms with Crippen LogP contribution in [0.3, 0.4) is 0 Å². The Hall–Kier alpha value is -1.97. The van der Waals surface area contributed by atoms with E-state index in [4.69, 9.17) is 9.47 Å². The highest BCUT2D eigenvalue weighted by Gasteiger charge is 2.44. The molecule has 2 aromatic carbocycles. The fraction of sp³-hybridized carbons (Fsp3) is 0.235. The minimum atomic E-state index is -1.30. The third-order valence-corrected chi connectivity index (χ3v) is 3.39. The van der Waals surface area contributed by atoms with E-state index >= 15 is 0 Å². The van der Waals surface area contributed by atoms with E-state index in [0.29, 0.717) is 18.8 Å². The second-order valence-electron chi connectivity index (χ2n) is 4.73. The van der Waals surface area contributed by atoms with Crippen LogP contribution in [0.1, 0.15) is 22.3 Å². The van der Waals surface area contributed by atoms with E-state index in [1.807, 2.05) is 48.5 Å². The van der Waals surface area contributed by atoms with Gasteiger partial charge in [-0.05, 0) is 6.42 Å². The number of carbonyl (C=O) groups is 1. The minimum absolute atomic E-state index is 0.149. The average Bonchev–Trinajstić information content (AvgIpc) is 2.56. The van der Waals surface area contributed by atoms with Crippen molar-refractivity contribution in [2.24, 2.45) is 0 Å². The molecule has 0 N–H and O–H groups in total. The molecule has 1 heterocycles. The molecule has 20 heavy (non-hydrogen) atoms. The van der Waals surface area contributed by atoms with Crippen LogP contribution in [0.2, 0.25) is 0 Å². The van der Waals surface area contributed by atoms with Gasteiger partial charge >= 0.3 is 0 Å². The summed E-state index contributed by atoms with van der Waals surface area (Å²) in [4.78, 5) is 12.9. The SMILES string of the molecule is O=C(c1ccccc1)C1(c2ccccc2)OCCCO1. The van der Waals surface area contributed by atoms with Crippen molar-refractivity contribution in [2.45, 2.75) is 12.2 Å². The van der Waals surface area contributed by atoms with Crippen LogP contribution in [0.4, 0.5) is 0 Å². The maximum absolute atomic E-state index is 12.9. The van der Waals surface area contributed by atoms with E-state index in [-0.39, 0.29) is 5.78 Å². The largest absolute Gasteiger partial charge is 0.340 e. The highest BCUT2D eigenvalue weighted by Crippen LogP contribution is 2.34. The number of hydrogen-bond donors (Lipinski definition) is 0. The first-order valence-electron chi connectivity index (χ1n) is 6.76. The number of benzene rings is 2. The number of Topliss-reactive ketones (excluding diaryl/α,β-unsaturated/α-hetero) is 1. The molecule has 0 atom stereocenters. The Labute approximate surface area is 118 Å². The minimum Gasteiger partial charge on any atom is -0.340 e. The number of rotatable bonds is 3. The zero-order valence-electron chi connectivity index (χ0n) is 11.1. The maximum Gasteiger partial charge on any atom is 0.261 e. The number of carbonyl (C=O) groups excluding carboxylic acids is 1. The number of ketones is 1. The first-order valence-corrected chi connectivity index (χ1v) is 6.76. The molecule has 1 aliphatic heterocycles. The fourth-order valence-corrected chi connectivity index (χ4v) is 2.40. The van der Waals surface area contributed by atoms with E-state index in [1.165, 1.54) is 0 Å². The fourth-order valence-electron chi connectivity index (χ4n) is 2.40. The molecular formula is C17H16O3. The zero-order chi connectivity index (χ0) is 13.8. The van der Waals surface area contributed by atoms with Crippen LogP contribution < -0.4 is 0 Å². The van der Waals surface area contributed by atoms with Gasteiger partial charge in [-0.3, -0.25) is 4.79 Å². The van der Waals surface area contributed by atoms with Crippen molar-refractivity contribution in [3.63, 3.8) is 0 Å². The lowest BCUT2D eigenvalue weighted by molar-refractivity contribution is -0.240. The van der Waals surface area contributed by atoms with Crippen LogP contribution >= 0.6 is 0 Å². The molecule has 3 nitrogen and oxygen atoms in total. The molecule has 0 aromatic heterocycles. The van der Waals surface area contributed by atoms with Crippen molar-refractivity contribution < 1.29 is 14.3 Å². The third-order valence-electron chi connectivity index (χ3n) is 3.39. The summed E-state index contributed by atoms with van der Waals surface area (Å²) < 4.78 is 11.6. The number of hydrogen-bond acceptors (Lipinski definition) is 3. The monoisotopic (exact) mass is 268 g/mol. The molecule has 0 amide bonds. The molecule has 2 aromatic rings. The molecule has 1 aliphatic rings. The molecule has 3 rings (SSSR count). The lowest BCUT2D eigenvalue weighted by atomic mass is 9.95. The lowest BCUT2D eigenvalue weighted by Crippen LogP contribution is -2.45. The van der Waals surface area contributed by atoms with Gasteiger partial charge in [0.15, 0.2) is 0 Å². The summed E-state index contributed by atoms with van der Waals surface area (Å²) in [5.74, 6) is -1.45. The van der Waals surface area contributed by atoms with Gasteiger partial charge in [-0.2, -0.15) is 0 Å². The predicted octanol–water partition coefficient (Wildman–Crippen LogP) is 3.16. The van der Waals surface area contributed by atoms with E-state index in [9.17, 15) is 4.79 Å². The van der Waals surface area contributed by atoms with Crippen LogP contribution in [0.25, 0.3) is 0 Å². The molecule has 1 fully saturated rings. The second kappa shape index (κ2) is 5.57. The van der Waals surface area contributed by atoms with Crippen molar-refractivity contribution in [2.75, 3.05) is 13.2 Å². The van der Waals surface area contributed by atoms with Gasteiger partial charge in [0.25, 0.3) is 5.79 Å². The van der Waals surface area contributed by atoms with Gasteiger partial charge in [0.2, 0.25) is 5.78 Å². The van der Waals surface area contributed by atoms with Crippen LogP contribution in [0.15, 0.2) is 60.7 Å². The van der Waals surface area contributed by atoms with Crippen molar-refractivity contribution in [1.82, 2.24) is 0 Å². The van der Waals surface area contributed by atoms with Gasteiger partial charge in [-0.25, -0.2) is 0 Å². The third kappa shape index (κ3) is 2.26. The lowest BCUT2D eigenvalue weighted by Gasteiger charge is -2.36. The van der Waals surface area contributed by atoms with Gasteiger partial charge in [-0.15, -0.1) is 0 Å². The van der Waals surface area contributed by atoms with E-state index in [1.54, 1.807) is 12.1 Å². The molecule has 0 saturated carbocycles. The van der Waals surface area contributed by atoms with Gasteiger partial charge in [0, 0.05) is 11.1 Å². The molecule has 0 unspecified atom stereocenters. The smallest absolute Gasteiger partial charge is 0.261 e. The summed E-state index contributed by atoms with van der Waals surface area (Å²) in [6, 6.07) is 18.6. The second-order valence-corrected chi connectivity index (χ2v) is 4.73. The Bertz CT molecular complexity index is 572. The van der Waals surface area contributed by atoms with Crippen molar-refractivity contribution >= 4 is 5.78 Å². The molecular weight excluding hydrogens is 252 g/mol. The zero-order valence-corrected chi connectivity index (χ0v) is 11.1. The van der Waals surface area contributed by atoms with Gasteiger partial charge in [-0.1, -0.05) is 60.7 Å². The molecule has 0 bridgehead atoms. The van der Waals surface area contributed by atoms with Crippen molar-refractivity contribution in [3.05, 3.63) is 71.8 Å². The van der Waals surface area contributed by atoms with Crippen molar-refractivity contribution in [1.29, 1.82) is 0 Å². The summed E-state index contributed by atoms with van der Waals surface area (Å²) in [6.45, 7) is 1.04. The van der Waals surface area contributed by atoms with E-state index < -0.39 is 5.79 Å². The predicted molar refractivity (Wildman–Crippen MR) is 75.4 cm³/mol. The summed E-state index contributed by atoms with van der Waals surface area (Å²) in [7, 11) is 0. The summed E-state index contributed by atoms with van der Waals surface area (Å²) in [5.41, 5.74) is 1.34. The van der Waals surface area contributed by atoms with Crippen LogP contribution in [-0.2, 0) is 15.3 Å². The standard InChI is InChI=1S/C17H16O3/c18-16(14-8-3-1-4-9-14)17(19-12-7-13-20-17)15-10-5-2-6-11-15/h1-6,8-11H,7,12-13H2. The Morgan fingerprint density at radius 3 is 2.00 bits per heavy atom. The Morgan fingerprint density at radius 2 is 1.40 bits per heavy atom. The Balaban J connectivity index is 2.05. The van der Waals surface area contributed by atoms with E-state index in [0.717, 1.165) is 12.0 Å². The van der Waals surface area contributed by atoms with Crippen LogP contribution in [0.5, 0.6) is 0 Å². The average molecular weight is 268 g/mol. The normalized spacial score (nSPS) is 17.6. The topological polar surface area (TPSA) is 35.5 Å². The highest BCUT2D eigenvalue weighted by molar-refractivity contribution is 6.02. The molecule has 0 spiro atoms. The molecule has 3 heteroatoms. The first-order chi connectivity index (χ1) is 9.83. The quantitative estimate of drug-likeness (QED) is 0.802. The molecule has 0 aliphatic carbocycles. The first kappa shape index (κ1) is 13.0. The van der Waals surface area contributed by atoms with Gasteiger partial charge in [0.05, 0.1) is 13.2 Å². The molecule has 0 radical (unpaired) electrons. The molecule has 1 saturated heterocycles. The highest BCUT2D eigenvalue weighted by atomic mass is 16.7. The number of ether oxygens (including phenoxy) is 2. The summed E-state index contributed by atoms with van der Waals surface area (Å²) in [6.07, 6.45) is 0.802. The molecule has 102 valence electrons. The van der Waals surface area contributed by atoms with E-state index in [2.05, 4.69) is 0 Å². The Morgan fingerprint density at radius 1 is 0.850 bits per heavy atom. The summed E-state index contributed by atoms with van der Waals surface area (Å²) >= 11 is 0. The van der Waals surface area contributed by atoms with Crippen LogP contribution in [0, 0.1) is 0 Å². The van der Waals surface area contributed by atoms with Gasteiger partial charge in [0.1, 0.15) is 0 Å².